The third kappa shape index (κ3) is 3.77. The molecule has 0 aliphatic carbocycles. The molecule has 0 aromatic carbocycles. The smallest absolute Gasteiger partial charge is 0.226 e. The van der Waals surface area contributed by atoms with E-state index >= 15 is 0 Å². The van der Waals surface area contributed by atoms with Gasteiger partial charge in [-0.3, -0.25) is 4.79 Å². The number of aromatic nitrogens is 2. The maximum absolute atomic E-state index is 12.1. The Labute approximate surface area is 117 Å². The first-order valence-corrected chi connectivity index (χ1v) is 6.93. The van der Waals surface area contributed by atoms with Gasteiger partial charge in [-0.15, -0.1) is 0 Å². The zero-order chi connectivity index (χ0) is 14.6. The van der Waals surface area contributed by atoms with Gasteiger partial charge in [0.05, 0.1) is 13.2 Å². The first-order chi connectivity index (χ1) is 9.52. The lowest BCUT2D eigenvalue weighted by Gasteiger charge is -2.38. The normalized spacial score (nSPS) is 23.1. The van der Waals surface area contributed by atoms with Crippen molar-refractivity contribution in [1.82, 2.24) is 15.0 Å². The summed E-state index contributed by atoms with van der Waals surface area (Å²) in [4.78, 5) is 17.8. The maximum Gasteiger partial charge on any atom is 0.226 e. The molecule has 0 radical (unpaired) electrons. The van der Waals surface area contributed by atoms with Crippen molar-refractivity contribution in [2.24, 2.45) is 0 Å². The summed E-state index contributed by atoms with van der Waals surface area (Å²) in [6.07, 6.45) is 2.84. The van der Waals surface area contributed by atoms with Crippen molar-refractivity contribution in [2.75, 3.05) is 19.7 Å². The lowest BCUT2D eigenvalue weighted by molar-refractivity contribution is -0.140. The first kappa shape index (κ1) is 14.9. The number of β-amino-alcohol motifs (C(OH)–C–C–N with tert-alkyl or cyclic N) is 1. The Morgan fingerprint density at radius 2 is 2.35 bits per heavy atom. The Balaban J connectivity index is 1.77. The lowest BCUT2D eigenvalue weighted by Crippen LogP contribution is -2.52. The number of aryl methyl sites for hydroxylation is 2. The second-order valence-corrected chi connectivity index (χ2v) is 5.39. The molecule has 2 N–H and O–H groups in total. The quantitative estimate of drug-likeness (QED) is 0.792. The minimum Gasteiger partial charge on any atom is -0.393 e. The third-order valence-electron chi connectivity index (χ3n) is 3.55. The van der Waals surface area contributed by atoms with Gasteiger partial charge in [0.2, 0.25) is 11.8 Å². The number of hydrogen-bond acceptors (Lipinski definition) is 6. The van der Waals surface area contributed by atoms with Crippen molar-refractivity contribution < 1.29 is 19.5 Å². The second kappa shape index (κ2) is 6.32. The lowest BCUT2D eigenvalue weighted by atomic mass is 9.93. The summed E-state index contributed by atoms with van der Waals surface area (Å²) in [6, 6.07) is 0. The molecule has 1 aliphatic heterocycles. The molecule has 1 fully saturated rings. The van der Waals surface area contributed by atoms with Crippen molar-refractivity contribution in [1.29, 1.82) is 0 Å². The van der Waals surface area contributed by atoms with Crippen LogP contribution in [-0.4, -0.2) is 56.5 Å². The van der Waals surface area contributed by atoms with E-state index in [-0.39, 0.29) is 19.1 Å². The zero-order valence-electron chi connectivity index (χ0n) is 11.7. The van der Waals surface area contributed by atoms with Gasteiger partial charge in [-0.2, -0.15) is 4.98 Å². The van der Waals surface area contributed by atoms with Crippen LogP contribution >= 0.6 is 0 Å². The van der Waals surface area contributed by atoms with Crippen LogP contribution in [0.25, 0.3) is 0 Å². The summed E-state index contributed by atoms with van der Waals surface area (Å²) in [5.74, 6) is 1.13. The molecule has 7 heteroatoms. The van der Waals surface area contributed by atoms with Crippen LogP contribution in [0.1, 0.15) is 37.4 Å². The highest BCUT2D eigenvalue weighted by atomic mass is 16.5. The molecule has 1 atom stereocenters. The van der Waals surface area contributed by atoms with Crippen LogP contribution < -0.4 is 0 Å². The molecular weight excluding hydrogens is 262 g/mol. The Hall–Kier alpha value is -1.47. The number of rotatable bonds is 5. The van der Waals surface area contributed by atoms with Gasteiger partial charge in [-0.05, 0) is 26.2 Å². The van der Waals surface area contributed by atoms with Gasteiger partial charge in [0, 0.05) is 19.4 Å². The van der Waals surface area contributed by atoms with Gasteiger partial charge >= 0.3 is 0 Å². The average molecular weight is 283 g/mol. The summed E-state index contributed by atoms with van der Waals surface area (Å²) >= 11 is 0. The van der Waals surface area contributed by atoms with Crippen LogP contribution in [0.15, 0.2) is 4.52 Å². The van der Waals surface area contributed by atoms with Crippen molar-refractivity contribution >= 4 is 5.91 Å². The number of amides is 1. The van der Waals surface area contributed by atoms with Gasteiger partial charge in [0.25, 0.3) is 0 Å². The summed E-state index contributed by atoms with van der Waals surface area (Å²) in [6.45, 7) is 2.29. The van der Waals surface area contributed by atoms with Crippen LogP contribution in [0.3, 0.4) is 0 Å². The number of aliphatic hydroxyl groups excluding tert-OH is 1. The van der Waals surface area contributed by atoms with Crippen molar-refractivity contribution in [2.45, 2.75) is 44.6 Å². The Morgan fingerprint density at radius 3 is 3.00 bits per heavy atom. The van der Waals surface area contributed by atoms with E-state index in [0.717, 1.165) is 0 Å². The predicted octanol–water partition coefficient (Wildman–Crippen LogP) is 0.0465. The highest BCUT2D eigenvalue weighted by Crippen LogP contribution is 2.21. The minimum absolute atomic E-state index is 0.00666. The fourth-order valence-electron chi connectivity index (χ4n) is 2.44. The summed E-state index contributed by atoms with van der Waals surface area (Å²) in [5.41, 5.74) is -1.14. The van der Waals surface area contributed by atoms with Crippen LogP contribution in [0.2, 0.25) is 0 Å². The molecule has 1 aromatic rings. The van der Waals surface area contributed by atoms with Crippen molar-refractivity contribution in [3.05, 3.63) is 11.7 Å². The molecule has 7 nitrogen and oxygen atoms in total. The van der Waals surface area contributed by atoms with E-state index < -0.39 is 5.60 Å². The fourth-order valence-corrected chi connectivity index (χ4v) is 2.44. The standard InChI is InChI=1S/C13H21N3O4/c1-10-14-11(20-15-10)4-2-5-12(18)16-7-3-6-13(19,8-16)9-17/h17,19H,2-9H2,1H3. The van der Waals surface area contributed by atoms with E-state index in [2.05, 4.69) is 10.1 Å². The molecule has 1 aliphatic rings. The molecule has 0 bridgehead atoms. The van der Waals surface area contributed by atoms with E-state index in [4.69, 9.17) is 9.63 Å². The SMILES string of the molecule is Cc1noc(CCCC(=O)N2CCCC(O)(CO)C2)n1. The number of piperidine rings is 1. The molecule has 2 heterocycles. The van der Waals surface area contributed by atoms with Gasteiger partial charge in [-0.25, -0.2) is 0 Å². The van der Waals surface area contributed by atoms with Crippen molar-refractivity contribution in [3.8, 4) is 0 Å². The third-order valence-corrected chi connectivity index (χ3v) is 3.55. The Kier molecular flexibility index (Phi) is 4.72. The number of carbonyl (C=O) groups is 1. The molecular formula is C13H21N3O4. The molecule has 1 saturated heterocycles. The van der Waals surface area contributed by atoms with E-state index in [9.17, 15) is 9.90 Å². The zero-order valence-corrected chi connectivity index (χ0v) is 11.7. The van der Waals surface area contributed by atoms with Gasteiger partial charge in [0.15, 0.2) is 5.82 Å². The topological polar surface area (TPSA) is 99.7 Å². The highest BCUT2D eigenvalue weighted by molar-refractivity contribution is 5.76. The Morgan fingerprint density at radius 1 is 1.55 bits per heavy atom. The molecule has 20 heavy (non-hydrogen) atoms. The van der Waals surface area contributed by atoms with E-state index in [0.29, 0.717) is 50.4 Å². The second-order valence-electron chi connectivity index (χ2n) is 5.39. The number of likely N-dealkylation sites (tertiary alicyclic amines) is 1. The predicted molar refractivity (Wildman–Crippen MR) is 69.8 cm³/mol. The molecule has 112 valence electrons. The largest absolute Gasteiger partial charge is 0.393 e. The van der Waals surface area contributed by atoms with Crippen LogP contribution in [0, 0.1) is 6.92 Å². The van der Waals surface area contributed by atoms with Gasteiger partial charge < -0.3 is 19.6 Å². The number of hydrogen-bond donors (Lipinski definition) is 2. The number of nitrogens with zero attached hydrogens (tertiary/aromatic N) is 3. The van der Waals surface area contributed by atoms with Crippen LogP contribution in [0.5, 0.6) is 0 Å². The van der Waals surface area contributed by atoms with Crippen molar-refractivity contribution in [3.63, 3.8) is 0 Å². The molecule has 0 spiro atoms. The number of carbonyl (C=O) groups excluding carboxylic acids is 1. The molecule has 1 aromatic heterocycles. The first-order valence-electron chi connectivity index (χ1n) is 6.93. The highest BCUT2D eigenvalue weighted by Gasteiger charge is 2.34. The Bertz CT molecular complexity index is 462. The summed E-state index contributed by atoms with van der Waals surface area (Å²) in [7, 11) is 0. The van der Waals surface area contributed by atoms with E-state index in [1.807, 2.05) is 0 Å². The molecule has 2 rings (SSSR count). The van der Waals surface area contributed by atoms with Crippen LogP contribution in [0.4, 0.5) is 0 Å². The molecule has 0 saturated carbocycles. The monoisotopic (exact) mass is 283 g/mol. The fraction of sp³-hybridized carbons (Fsp3) is 0.769. The minimum atomic E-state index is -1.14. The van der Waals surface area contributed by atoms with Gasteiger partial charge in [0.1, 0.15) is 5.60 Å². The molecule has 1 amide bonds. The summed E-state index contributed by atoms with van der Waals surface area (Å²) < 4.78 is 4.98. The maximum atomic E-state index is 12.1. The van der Waals surface area contributed by atoms with E-state index in [1.54, 1.807) is 11.8 Å². The number of aliphatic hydroxyl groups is 2. The average Bonchev–Trinajstić information content (AvgIpc) is 2.84. The van der Waals surface area contributed by atoms with Gasteiger partial charge in [-0.1, -0.05) is 5.16 Å². The van der Waals surface area contributed by atoms with Crippen LogP contribution in [-0.2, 0) is 11.2 Å². The molecule has 1 unspecified atom stereocenters. The van der Waals surface area contributed by atoms with E-state index in [1.165, 1.54) is 0 Å². The summed E-state index contributed by atoms with van der Waals surface area (Å²) in [5, 5.41) is 22.9.